The second-order valence-electron chi connectivity index (χ2n) is 8.10. The molecule has 0 aliphatic carbocycles. The number of aryl methyl sites for hydroxylation is 2. The number of amides is 2. The van der Waals surface area contributed by atoms with Crippen LogP contribution in [-0.4, -0.2) is 36.4 Å². The lowest BCUT2D eigenvalue weighted by molar-refractivity contribution is -0.142. The van der Waals surface area contributed by atoms with Crippen LogP contribution in [0.15, 0.2) is 66.7 Å². The van der Waals surface area contributed by atoms with Gasteiger partial charge < -0.3 is 15.0 Å². The van der Waals surface area contributed by atoms with Crippen LogP contribution in [0.3, 0.4) is 0 Å². The summed E-state index contributed by atoms with van der Waals surface area (Å²) in [6.07, 6.45) is 0.331. The molecule has 1 atom stereocenters. The molecule has 178 valence electrons. The van der Waals surface area contributed by atoms with Gasteiger partial charge in [-0.25, -0.2) is 0 Å². The van der Waals surface area contributed by atoms with Crippen molar-refractivity contribution in [3.8, 4) is 5.75 Å². The van der Waals surface area contributed by atoms with Gasteiger partial charge in [0.2, 0.25) is 5.91 Å². The Kier molecular flexibility index (Phi) is 8.97. The van der Waals surface area contributed by atoms with Crippen molar-refractivity contribution in [1.82, 2.24) is 10.2 Å². The van der Waals surface area contributed by atoms with E-state index >= 15 is 0 Å². The lowest BCUT2D eigenvalue weighted by Gasteiger charge is -2.31. The zero-order valence-corrected chi connectivity index (χ0v) is 21.0. The van der Waals surface area contributed by atoms with Crippen molar-refractivity contribution in [3.63, 3.8) is 0 Å². The third-order valence-electron chi connectivity index (χ3n) is 5.59. The minimum Gasteiger partial charge on any atom is -0.483 e. The molecule has 3 aromatic rings. The standard InChI is InChI=1S/C27H28Cl2N2O3/c1-18-12-13-25(19(2)14-18)34-17-26(32)31(16-21-22(28)10-7-11-23(21)29)24(27(33)30-3)15-20-8-5-4-6-9-20/h4-14,24H,15-17H2,1-3H3,(H,30,33). The molecule has 0 aliphatic rings. The number of hydrogen-bond donors (Lipinski definition) is 1. The molecule has 0 fully saturated rings. The molecular formula is C27H28Cl2N2O3. The van der Waals surface area contributed by atoms with E-state index in [1.165, 1.54) is 4.90 Å². The van der Waals surface area contributed by atoms with Gasteiger partial charge in [-0.15, -0.1) is 0 Å². The average molecular weight is 499 g/mol. The predicted molar refractivity (Wildman–Crippen MR) is 136 cm³/mol. The Bertz CT molecular complexity index is 1130. The number of halogens is 2. The maximum Gasteiger partial charge on any atom is 0.261 e. The summed E-state index contributed by atoms with van der Waals surface area (Å²) in [6.45, 7) is 3.76. The van der Waals surface area contributed by atoms with Crippen LogP contribution in [-0.2, 0) is 22.6 Å². The molecule has 1 unspecified atom stereocenters. The van der Waals surface area contributed by atoms with Crippen LogP contribution in [0.2, 0.25) is 10.0 Å². The Morgan fingerprint density at radius 1 is 0.971 bits per heavy atom. The van der Waals surface area contributed by atoms with Gasteiger partial charge >= 0.3 is 0 Å². The fourth-order valence-corrected chi connectivity index (χ4v) is 4.27. The number of carbonyl (C=O) groups excluding carboxylic acids is 2. The van der Waals surface area contributed by atoms with E-state index < -0.39 is 6.04 Å². The van der Waals surface area contributed by atoms with Crippen molar-refractivity contribution >= 4 is 35.0 Å². The first-order chi connectivity index (χ1) is 16.3. The van der Waals surface area contributed by atoms with Gasteiger partial charge in [-0.2, -0.15) is 0 Å². The molecule has 0 saturated heterocycles. The zero-order valence-electron chi connectivity index (χ0n) is 19.5. The largest absolute Gasteiger partial charge is 0.483 e. The molecule has 0 bridgehead atoms. The maximum absolute atomic E-state index is 13.5. The van der Waals surface area contributed by atoms with Gasteiger partial charge in [0, 0.05) is 35.6 Å². The van der Waals surface area contributed by atoms with Crippen molar-refractivity contribution in [2.24, 2.45) is 0 Å². The Labute approximate surface area is 210 Å². The first-order valence-electron chi connectivity index (χ1n) is 11.0. The highest BCUT2D eigenvalue weighted by Gasteiger charge is 2.31. The summed E-state index contributed by atoms with van der Waals surface area (Å²) in [6, 6.07) is 19.7. The van der Waals surface area contributed by atoms with Gasteiger partial charge in [0.1, 0.15) is 11.8 Å². The first kappa shape index (κ1) is 25.6. The normalized spacial score (nSPS) is 11.6. The Balaban J connectivity index is 1.93. The highest BCUT2D eigenvalue weighted by molar-refractivity contribution is 6.36. The number of carbonyl (C=O) groups is 2. The molecule has 5 nitrogen and oxygen atoms in total. The molecule has 0 heterocycles. The second kappa shape index (κ2) is 11.9. The van der Waals surface area contributed by atoms with Crippen LogP contribution >= 0.6 is 23.2 Å². The molecule has 1 N–H and O–H groups in total. The SMILES string of the molecule is CNC(=O)C(Cc1ccccc1)N(Cc1c(Cl)cccc1Cl)C(=O)COc1ccc(C)cc1C. The van der Waals surface area contributed by atoms with E-state index in [4.69, 9.17) is 27.9 Å². The number of likely N-dealkylation sites (N-methyl/N-ethyl adjacent to an activating group) is 1. The topological polar surface area (TPSA) is 58.6 Å². The molecule has 0 spiro atoms. The van der Waals surface area contributed by atoms with E-state index in [2.05, 4.69) is 5.32 Å². The zero-order chi connectivity index (χ0) is 24.7. The summed E-state index contributed by atoms with van der Waals surface area (Å²) in [5.41, 5.74) is 3.54. The third-order valence-corrected chi connectivity index (χ3v) is 6.30. The van der Waals surface area contributed by atoms with Crippen molar-refractivity contribution in [3.05, 3.63) is 99.0 Å². The highest BCUT2D eigenvalue weighted by Crippen LogP contribution is 2.27. The fraction of sp³-hybridized carbons (Fsp3) is 0.259. The molecule has 34 heavy (non-hydrogen) atoms. The smallest absolute Gasteiger partial charge is 0.261 e. The van der Waals surface area contributed by atoms with Gasteiger partial charge in [0.15, 0.2) is 6.61 Å². The molecule has 3 aromatic carbocycles. The van der Waals surface area contributed by atoms with Crippen LogP contribution in [0.1, 0.15) is 22.3 Å². The number of rotatable bonds is 9. The number of benzene rings is 3. The second-order valence-corrected chi connectivity index (χ2v) is 8.91. The van der Waals surface area contributed by atoms with Crippen LogP contribution in [0, 0.1) is 13.8 Å². The number of nitrogens with zero attached hydrogens (tertiary/aromatic N) is 1. The summed E-state index contributed by atoms with van der Waals surface area (Å²) in [7, 11) is 1.55. The molecule has 0 saturated carbocycles. The van der Waals surface area contributed by atoms with Gasteiger partial charge in [0.25, 0.3) is 5.91 Å². The van der Waals surface area contributed by atoms with E-state index in [0.29, 0.717) is 27.8 Å². The van der Waals surface area contributed by atoms with E-state index in [9.17, 15) is 9.59 Å². The van der Waals surface area contributed by atoms with Gasteiger partial charge in [0.05, 0.1) is 0 Å². The summed E-state index contributed by atoms with van der Waals surface area (Å²) >= 11 is 12.8. The Morgan fingerprint density at radius 2 is 1.65 bits per heavy atom. The van der Waals surface area contributed by atoms with Crippen molar-refractivity contribution in [2.45, 2.75) is 32.9 Å². The van der Waals surface area contributed by atoms with Gasteiger partial charge in [-0.05, 0) is 43.2 Å². The van der Waals surface area contributed by atoms with Crippen molar-refractivity contribution in [2.75, 3.05) is 13.7 Å². The van der Waals surface area contributed by atoms with E-state index in [-0.39, 0.29) is 25.0 Å². The van der Waals surface area contributed by atoms with E-state index in [1.54, 1.807) is 25.2 Å². The molecular weight excluding hydrogens is 471 g/mol. The fourth-order valence-electron chi connectivity index (χ4n) is 3.76. The number of ether oxygens (including phenoxy) is 1. The lowest BCUT2D eigenvalue weighted by atomic mass is 10.0. The molecule has 2 amide bonds. The van der Waals surface area contributed by atoms with E-state index in [1.807, 2.05) is 62.4 Å². The third kappa shape index (κ3) is 6.52. The minimum atomic E-state index is -0.782. The monoisotopic (exact) mass is 498 g/mol. The molecule has 0 radical (unpaired) electrons. The highest BCUT2D eigenvalue weighted by atomic mass is 35.5. The van der Waals surface area contributed by atoms with Gasteiger partial charge in [-0.1, -0.05) is 77.3 Å². The first-order valence-corrected chi connectivity index (χ1v) is 11.7. The number of nitrogens with one attached hydrogen (secondary N) is 1. The van der Waals surface area contributed by atoms with E-state index in [0.717, 1.165) is 16.7 Å². The van der Waals surface area contributed by atoms with Crippen LogP contribution in [0.4, 0.5) is 0 Å². The summed E-state index contributed by atoms with van der Waals surface area (Å²) in [5.74, 6) is -0.0124. The van der Waals surface area contributed by atoms with Gasteiger partial charge in [-0.3, -0.25) is 9.59 Å². The van der Waals surface area contributed by atoms with Crippen LogP contribution in [0.25, 0.3) is 0 Å². The average Bonchev–Trinajstić information content (AvgIpc) is 2.82. The molecule has 0 aromatic heterocycles. The predicted octanol–water partition coefficient (Wildman–Crippen LogP) is 5.38. The molecule has 0 aliphatic heterocycles. The summed E-state index contributed by atoms with van der Waals surface area (Å²) < 4.78 is 5.86. The molecule has 7 heteroatoms. The lowest BCUT2D eigenvalue weighted by Crippen LogP contribution is -2.51. The minimum absolute atomic E-state index is 0.0680. The Morgan fingerprint density at radius 3 is 2.26 bits per heavy atom. The quantitative estimate of drug-likeness (QED) is 0.431. The molecule has 3 rings (SSSR count). The number of hydrogen-bond acceptors (Lipinski definition) is 3. The summed E-state index contributed by atoms with van der Waals surface area (Å²) in [5, 5.41) is 3.54. The Hall–Kier alpha value is -3.02. The van der Waals surface area contributed by atoms with Crippen molar-refractivity contribution < 1.29 is 14.3 Å². The maximum atomic E-state index is 13.5. The van der Waals surface area contributed by atoms with Crippen molar-refractivity contribution in [1.29, 1.82) is 0 Å². The summed E-state index contributed by atoms with van der Waals surface area (Å²) in [4.78, 5) is 28.0. The van der Waals surface area contributed by atoms with Crippen LogP contribution in [0.5, 0.6) is 5.75 Å². The van der Waals surface area contributed by atoms with Crippen LogP contribution < -0.4 is 10.1 Å².